The number of hydrogen-bond donors (Lipinski definition) is 4. The van der Waals surface area contributed by atoms with E-state index < -0.39 is 76.4 Å². The molecule has 0 aromatic heterocycles. The third-order valence-electron chi connectivity index (χ3n) is 14.6. The summed E-state index contributed by atoms with van der Waals surface area (Å²) < 4.78 is 12.3. The molecule has 12 nitrogen and oxygen atoms in total. The molecular weight excluding hydrogens is 677 g/mol. The van der Waals surface area contributed by atoms with Gasteiger partial charge in [0.2, 0.25) is 6.10 Å². The highest BCUT2D eigenvalue weighted by atomic mass is 16.6. The van der Waals surface area contributed by atoms with Crippen molar-refractivity contribution in [1.29, 1.82) is 0 Å². The maximum Gasteiger partial charge on any atom is 0.350 e. The molecule has 0 radical (unpaired) electrons. The second kappa shape index (κ2) is 14.6. The number of benzene rings is 1. The summed E-state index contributed by atoms with van der Waals surface area (Å²) >= 11 is 0. The van der Waals surface area contributed by atoms with Gasteiger partial charge >= 0.3 is 11.9 Å². The van der Waals surface area contributed by atoms with Crippen molar-refractivity contribution in [2.24, 2.45) is 34.0 Å². The Morgan fingerprint density at radius 3 is 2.36 bits per heavy atom. The Balaban J connectivity index is 1.38. The van der Waals surface area contributed by atoms with Gasteiger partial charge in [0, 0.05) is 38.0 Å². The zero-order chi connectivity index (χ0) is 38.7. The fourth-order valence-corrected chi connectivity index (χ4v) is 11.2. The summed E-state index contributed by atoms with van der Waals surface area (Å²) in [5.74, 6) is -2.82. The number of nitrogens with zero attached hydrogens (tertiary/aromatic N) is 2. The second-order valence-electron chi connectivity index (χ2n) is 17.5. The lowest BCUT2D eigenvalue weighted by atomic mass is 9.36. The Kier molecular flexibility index (Phi) is 11.0. The Morgan fingerprint density at radius 2 is 1.75 bits per heavy atom. The summed E-state index contributed by atoms with van der Waals surface area (Å²) in [6, 6.07) is 7.96. The first-order chi connectivity index (χ1) is 24.9. The number of Topliss-reactive ketones (excluding diaryl/α,β-unsaturated/α-hetero) is 1. The third kappa shape index (κ3) is 6.52. The predicted octanol–water partition coefficient (Wildman–Crippen LogP) is 1.79. The molecule has 1 aromatic rings. The van der Waals surface area contributed by atoms with Crippen molar-refractivity contribution in [3.05, 3.63) is 47.0 Å². The molecule has 3 saturated carbocycles. The van der Waals surface area contributed by atoms with Crippen molar-refractivity contribution in [3.8, 4) is 0 Å². The SMILES string of the molecule is CC1=C2[C@@H](O)C(=O)[C@@]3(C)[C@H]([C@H](C)[C@](O)(C[C@@H]1OC(=O)[C@H](OC(=O)CN1CCN(C)CC1)[C@@H](NBC=O)c1ccccc1)C2(C)C)[C@]1(C)CC[C@@H]1C[C@@H]3O. The largest absolute Gasteiger partial charge is 0.455 e. The highest BCUT2D eigenvalue weighted by Crippen LogP contribution is 2.70. The van der Waals surface area contributed by atoms with E-state index in [1.807, 2.05) is 38.8 Å². The maximum absolute atomic E-state index is 14.6. The first-order valence-corrected chi connectivity index (χ1v) is 19.3. The van der Waals surface area contributed by atoms with Gasteiger partial charge in [-0.25, -0.2) is 4.79 Å². The van der Waals surface area contributed by atoms with E-state index in [4.69, 9.17) is 9.47 Å². The van der Waals surface area contributed by atoms with E-state index in [0.717, 1.165) is 25.9 Å². The topological polar surface area (TPSA) is 166 Å². The van der Waals surface area contributed by atoms with Gasteiger partial charge in [0.1, 0.15) is 12.2 Å². The molecule has 4 aliphatic carbocycles. The average molecular weight is 736 g/mol. The molecule has 5 aliphatic rings. The van der Waals surface area contributed by atoms with Gasteiger partial charge in [-0.3, -0.25) is 14.5 Å². The van der Waals surface area contributed by atoms with Crippen LogP contribution < -0.4 is 5.23 Å². The van der Waals surface area contributed by atoms with Crippen LogP contribution in [-0.4, -0.2) is 126 Å². The number of fused-ring (bicyclic) bond motifs is 5. The number of aliphatic hydroxyl groups excluding tert-OH is 2. The van der Waals surface area contributed by atoms with E-state index in [0.29, 0.717) is 36.8 Å². The monoisotopic (exact) mass is 735 g/mol. The van der Waals surface area contributed by atoms with E-state index in [9.17, 15) is 34.5 Å². The van der Waals surface area contributed by atoms with Crippen LogP contribution in [0.25, 0.3) is 0 Å². The summed E-state index contributed by atoms with van der Waals surface area (Å²) in [4.78, 5) is 58.4. The van der Waals surface area contributed by atoms with E-state index in [1.165, 1.54) is 0 Å². The van der Waals surface area contributed by atoms with Crippen molar-refractivity contribution in [2.45, 2.75) is 103 Å². The Bertz CT molecular complexity index is 1610. The lowest BCUT2D eigenvalue weighted by molar-refractivity contribution is -0.246. The zero-order valence-electron chi connectivity index (χ0n) is 32.3. The van der Waals surface area contributed by atoms with Gasteiger partial charge in [-0.15, -0.1) is 0 Å². The Morgan fingerprint density at radius 1 is 1.09 bits per heavy atom. The summed E-state index contributed by atoms with van der Waals surface area (Å²) in [6.07, 6.45) is -2.38. The van der Waals surface area contributed by atoms with Crippen molar-refractivity contribution in [3.63, 3.8) is 0 Å². The normalized spacial score (nSPS) is 38.2. The molecule has 1 heterocycles. The standard InChI is InChI=1S/C40H58BN3O9/c1-23-27(20-40(51)24(2)34-38(5)14-13-26(38)19-28(46)39(34,6)35(49)32(48)30(23)37(40,3)4)52-36(50)33(31(42-41-22-45)25-11-9-8-10-12-25)53-29(47)21-44-17-15-43(7)16-18-44/h8-12,22,24,26-28,31-34,41-42,46,48,51H,13-21H2,1-7H3/t24-,26+,27-,28-,31-,32+,33+,34+,38+,39+,40+/m0/s1. The van der Waals surface area contributed by atoms with Crippen LogP contribution in [0.5, 0.6) is 0 Å². The van der Waals surface area contributed by atoms with E-state index in [2.05, 4.69) is 17.1 Å². The van der Waals surface area contributed by atoms with Crippen LogP contribution in [0.3, 0.4) is 0 Å². The summed E-state index contributed by atoms with van der Waals surface area (Å²) in [5, 5.41) is 39.8. The molecule has 53 heavy (non-hydrogen) atoms. The van der Waals surface area contributed by atoms with Crippen molar-refractivity contribution in [2.75, 3.05) is 39.8 Å². The lowest BCUT2D eigenvalue weighted by Crippen LogP contribution is -2.72. The number of carbonyl (C=O) groups is 4. The molecule has 1 saturated heterocycles. The number of ether oxygens (including phenoxy) is 2. The second-order valence-corrected chi connectivity index (χ2v) is 17.5. The molecule has 11 atom stereocenters. The number of carbonyl (C=O) groups excluding carboxylic acids is 4. The smallest absolute Gasteiger partial charge is 0.350 e. The minimum absolute atomic E-state index is 0.0354. The zero-order valence-corrected chi connectivity index (χ0v) is 32.3. The first kappa shape index (κ1) is 39.7. The molecule has 0 amide bonds. The minimum Gasteiger partial charge on any atom is -0.455 e. The molecule has 4 fully saturated rings. The maximum atomic E-state index is 14.6. The summed E-state index contributed by atoms with van der Waals surface area (Å²) in [5.41, 5.74) is -3.04. The van der Waals surface area contributed by atoms with Gasteiger partial charge in [-0.2, -0.15) is 0 Å². The van der Waals surface area contributed by atoms with Crippen LogP contribution in [0.2, 0.25) is 0 Å². The van der Waals surface area contributed by atoms with Crippen LogP contribution in [0.4, 0.5) is 0 Å². The number of nitrogens with one attached hydrogen (secondary N) is 1. The van der Waals surface area contributed by atoms with E-state index >= 15 is 0 Å². The average Bonchev–Trinajstić information content (AvgIpc) is 3.11. The highest BCUT2D eigenvalue weighted by molar-refractivity contribution is 6.64. The van der Waals surface area contributed by atoms with Crippen LogP contribution in [-0.2, 0) is 28.7 Å². The number of esters is 2. The van der Waals surface area contributed by atoms with Gasteiger partial charge in [0.25, 0.3) is 7.41 Å². The minimum atomic E-state index is -1.66. The molecular formula is C40H58BN3O9. The first-order valence-electron chi connectivity index (χ1n) is 19.3. The van der Waals surface area contributed by atoms with Gasteiger partial charge in [-0.1, -0.05) is 58.0 Å². The van der Waals surface area contributed by atoms with Crippen LogP contribution in [0.15, 0.2) is 41.5 Å². The van der Waals surface area contributed by atoms with Crippen molar-refractivity contribution < 1.29 is 44.0 Å². The predicted molar refractivity (Wildman–Crippen MR) is 199 cm³/mol. The molecule has 0 unspecified atom stereocenters. The molecule has 2 bridgehead atoms. The molecule has 4 N–H and O–H groups in total. The van der Waals surface area contributed by atoms with Gasteiger partial charge in [0.05, 0.1) is 35.9 Å². The molecule has 1 aliphatic heterocycles. The fraction of sp³-hybridized carbons (Fsp3) is 0.700. The van der Waals surface area contributed by atoms with Crippen molar-refractivity contribution in [1.82, 2.24) is 15.0 Å². The number of aliphatic hydroxyl groups is 3. The molecule has 290 valence electrons. The molecule has 1 aromatic carbocycles. The highest BCUT2D eigenvalue weighted by Gasteiger charge is 2.72. The van der Waals surface area contributed by atoms with Gasteiger partial charge in [0.15, 0.2) is 5.78 Å². The third-order valence-corrected chi connectivity index (χ3v) is 14.6. The number of likely N-dealkylation sites (N-methyl/N-ethyl adjacent to an activating group) is 1. The van der Waals surface area contributed by atoms with Gasteiger partial charge in [-0.05, 0) is 80.0 Å². The Labute approximate surface area is 313 Å². The molecule has 13 heteroatoms. The van der Waals surface area contributed by atoms with Crippen LogP contribution >= 0.6 is 0 Å². The summed E-state index contributed by atoms with van der Waals surface area (Å²) in [6.45, 7) is 14.0. The quantitative estimate of drug-likeness (QED) is 0.119. The molecule has 0 spiro atoms. The fourth-order valence-electron chi connectivity index (χ4n) is 11.2. The molecule has 6 rings (SSSR count). The van der Waals surface area contributed by atoms with E-state index in [-0.39, 0.29) is 37.3 Å². The summed E-state index contributed by atoms with van der Waals surface area (Å²) in [7, 11) is 1.89. The number of rotatable bonds is 10. The lowest BCUT2D eigenvalue weighted by Gasteiger charge is -2.69. The number of piperazine rings is 1. The number of ketones is 1. The van der Waals surface area contributed by atoms with Crippen LogP contribution in [0.1, 0.15) is 78.8 Å². The van der Waals surface area contributed by atoms with E-state index in [1.54, 1.807) is 38.1 Å². The Hall–Kier alpha value is -2.94. The number of hydrogen-bond acceptors (Lipinski definition) is 12. The van der Waals surface area contributed by atoms with Crippen molar-refractivity contribution >= 4 is 31.3 Å². The van der Waals surface area contributed by atoms with Crippen LogP contribution in [0, 0.1) is 34.0 Å². The van der Waals surface area contributed by atoms with Gasteiger partial charge < -0.3 is 39.7 Å².